The fourth-order valence-corrected chi connectivity index (χ4v) is 2.67. The molecule has 2 amide bonds. The van der Waals surface area contributed by atoms with Gasteiger partial charge in [-0.15, -0.1) is 0 Å². The Labute approximate surface area is 125 Å². The summed E-state index contributed by atoms with van der Waals surface area (Å²) in [6.45, 7) is 3.71. The fourth-order valence-electron chi connectivity index (χ4n) is 1.71. The minimum atomic E-state index is -1.03. The van der Waals surface area contributed by atoms with Gasteiger partial charge in [0.2, 0.25) is 0 Å². The smallest absolute Gasteiger partial charge is 0.347 e. The van der Waals surface area contributed by atoms with Gasteiger partial charge in [0.15, 0.2) is 5.13 Å². The summed E-state index contributed by atoms with van der Waals surface area (Å²) >= 11 is 0.952. The fraction of sp³-hybridized carbons (Fsp3) is 0.214. The van der Waals surface area contributed by atoms with Crippen LogP contribution in [0.5, 0.6) is 0 Å². The Morgan fingerprint density at radius 1 is 1.19 bits per heavy atom. The van der Waals surface area contributed by atoms with Crippen LogP contribution in [0.2, 0.25) is 0 Å². The van der Waals surface area contributed by atoms with Gasteiger partial charge in [0.1, 0.15) is 4.88 Å². The minimum Gasteiger partial charge on any atom is -0.477 e. The van der Waals surface area contributed by atoms with Crippen molar-refractivity contribution in [2.45, 2.75) is 19.8 Å². The number of aromatic nitrogens is 1. The van der Waals surface area contributed by atoms with Crippen molar-refractivity contribution < 1.29 is 14.7 Å². The zero-order valence-electron chi connectivity index (χ0n) is 11.6. The maximum atomic E-state index is 11.8. The topological polar surface area (TPSA) is 91.3 Å². The molecule has 0 atom stereocenters. The maximum absolute atomic E-state index is 11.8. The zero-order valence-corrected chi connectivity index (χ0v) is 12.4. The molecule has 0 aliphatic carbocycles. The molecule has 0 saturated carbocycles. The summed E-state index contributed by atoms with van der Waals surface area (Å²) in [7, 11) is 0. The van der Waals surface area contributed by atoms with E-state index in [2.05, 4.69) is 15.6 Å². The van der Waals surface area contributed by atoms with E-state index < -0.39 is 12.0 Å². The van der Waals surface area contributed by atoms with Crippen molar-refractivity contribution in [3.63, 3.8) is 0 Å². The number of urea groups is 1. The largest absolute Gasteiger partial charge is 0.477 e. The molecule has 2 aromatic rings. The van der Waals surface area contributed by atoms with Crippen molar-refractivity contribution in [3.8, 4) is 0 Å². The first-order valence-corrected chi connectivity index (χ1v) is 7.16. The molecular weight excluding hydrogens is 290 g/mol. The molecular formula is C14H15N3O3S. The van der Waals surface area contributed by atoms with E-state index in [-0.39, 0.29) is 15.9 Å². The predicted molar refractivity (Wildman–Crippen MR) is 82.2 cm³/mol. The third-order valence-corrected chi connectivity index (χ3v) is 3.62. The lowest BCUT2D eigenvalue weighted by Crippen LogP contribution is -2.19. The number of carboxylic acid groups (broad SMARTS) is 1. The number of nitrogens with one attached hydrogen (secondary N) is 2. The Balaban J connectivity index is 2.11. The summed E-state index contributed by atoms with van der Waals surface area (Å²) in [5.41, 5.74) is 1.12. The van der Waals surface area contributed by atoms with Gasteiger partial charge >= 0.3 is 12.0 Å². The Bertz CT molecular complexity index is 653. The van der Waals surface area contributed by atoms with Crippen LogP contribution < -0.4 is 10.6 Å². The molecule has 6 nitrogen and oxygen atoms in total. The second kappa shape index (κ2) is 6.36. The lowest BCUT2D eigenvalue weighted by molar-refractivity contribution is 0.0700. The summed E-state index contributed by atoms with van der Waals surface area (Å²) < 4.78 is 0. The Morgan fingerprint density at radius 2 is 1.86 bits per heavy atom. The first-order valence-electron chi connectivity index (χ1n) is 6.34. The molecule has 0 fully saturated rings. The lowest BCUT2D eigenvalue weighted by Gasteiger charge is -2.04. The summed E-state index contributed by atoms with van der Waals surface area (Å²) in [6.07, 6.45) is 0. The number of hydrogen-bond acceptors (Lipinski definition) is 4. The van der Waals surface area contributed by atoms with Crippen LogP contribution in [0.15, 0.2) is 30.3 Å². The van der Waals surface area contributed by atoms with Crippen LogP contribution in [0.4, 0.5) is 15.6 Å². The molecule has 1 aromatic carbocycles. The summed E-state index contributed by atoms with van der Waals surface area (Å²) in [5.74, 6) is -1.06. The van der Waals surface area contributed by atoms with Crippen LogP contribution in [0.3, 0.4) is 0 Å². The minimum absolute atomic E-state index is 0.0277. The number of nitrogens with zero attached hydrogens (tertiary/aromatic N) is 1. The highest BCUT2D eigenvalue weighted by atomic mass is 32.1. The van der Waals surface area contributed by atoms with Gasteiger partial charge in [0.25, 0.3) is 0 Å². The number of thiazole rings is 1. The number of carboxylic acids is 1. The SMILES string of the molecule is CC(C)c1nc(NC(=O)Nc2ccccc2)sc1C(=O)O. The predicted octanol–water partition coefficient (Wildman–Crippen LogP) is 3.61. The second-order valence-corrected chi connectivity index (χ2v) is 5.64. The third kappa shape index (κ3) is 3.79. The Hall–Kier alpha value is -2.41. The highest BCUT2D eigenvalue weighted by Gasteiger charge is 2.20. The van der Waals surface area contributed by atoms with Crippen LogP contribution in [-0.2, 0) is 0 Å². The summed E-state index contributed by atoms with van der Waals surface area (Å²) in [5, 5.41) is 14.6. The summed E-state index contributed by atoms with van der Waals surface area (Å²) in [4.78, 5) is 27.3. The summed E-state index contributed by atoms with van der Waals surface area (Å²) in [6, 6.07) is 8.50. The van der Waals surface area contributed by atoms with Gasteiger partial charge in [0.05, 0.1) is 5.69 Å². The molecule has 110 valence electrons. The van der Waals surface area contributed by atoms with E-state index in [1.54, 1.807) is 24.3 Å². The molecule has 1 heterocycles. The first-order chi connectivity index (χ1) is 9.97. The molecule has 3 N–H and O–H groups in total. The van der Waals surface area contributed by atoms with Crippen LogP contribution in [0.25, 0.3) is 0 Å². The number of aromatic carboxylic acids is 1. The molecule has 0 spiro atoms. The standard InChI is InChI=1S/C14H15N3O3S/c1-8(2)10-11(12(18)19)21-14(16-10)17-13(20)15-9-6-4-3-5-7-9/h3-8H,1-2H3,(H,18,19)(H2,15,16,17,20). The molecule has 1 aromatic heterocycles. The van der Waals surface area contributed by atoms with Gasteiger partial charge in [-0.25, -0.2) is 14.6 Å². The number of carbonyl (C=O) groups excluding carboxylic acids is 1. The van der Waals surface area contributed by atoms with E-state index >= 15 is 0 Å². The van der Waals surface area contributed by atoms with E-state index in [9.17, 15) is 9.59 Å². The molecule has 0 unspecified atom stereocenters. The van der Waals surface area contributed by atoms with Gasteiger partial charge in [-0.3, -0.25) is 5.32 Å². The molecule has 0 bridgehead atoms. The lowest BCUT2D eigenvalue weighted by atomic mass is 10.1. The number of anilines is 2. The van der Waals surface area contributed by atoms with Gasteiger partial charge in [-0.05, 0) is 18.1 Å². The molecule has 0 saturated heterocycles. The maximum Gasteiger partial charge on any atom is 0.347 e. The highest BCUT2D eigenvalue weighted by Crippen LogP contribution is 2.28. The van der Waals surface area contributed by atoms with Crippen molar-refractivity contribution in [1.29, 1.82) is 0 Å². The van der Waals surface area contributed by atoms with Gasteiger partial charge < -0.3 is 10.4 Å². The van der Waals surface area contributed by atoms with Crippen molar-refractivity contribution in [2.75, 3.05) is 10.6 Å². The van der Waals surface area contributed by atoms with E-state index in [1.807, 2.05) is 19.9 Å². The monoisotopic (exact) mass is 305 g/mol. The van der Waals surface area contributed by atoms with Gasteiger partial charge in [0, 0.05) is 5.69 Å². The second-order valence-electron chi connectivity index (χ2n) is 4.64. The van der Waals surface area contributed by atoms with Crippen molar-refractivity contribution in [3.05, 3.63) is 40.9 Å². The number of benzene rings is 1. The van der Waals surface area contributed by atoms with Crippen molar-refractivity contribution in [1.82, 2.24) is 4.98 Å². The van der Waals surface area contributed by atoms with Gasteiger partial charge in [-0.2, -0.15) is 0 Å². The number of amides is 2. The number of para-hydroxylation sites is 1. The van der Waals surface area contributed by atoms with Crippen LogP contribution in [0.1, 0.15) is 35.1 Å². The molecule has 21 heavy (non-hydrogen) atoms. The molecule has 0 aliphatic heterocycles. The van der Waals surface area contributed by atoms with Crippen molar-refractivity contribution >= 4 is 34.2 Å². The molecule has 0 aliphatic rings. The number of rotatable bonds is 4. The third-order valence-electron chi connectivity index (χ3n) is 2.65. The van der Waals surface area contributed by atoms with Crippen molar-refractivity contribution in [2.24, 2.45) is 0 Å². The van der Waals surface area contributed by atoms with Crippen LogP contribution in [0, 0.1) is 0 Å². The van der Waals surface area contributed by atoms with Crippen LogP contribution >= 0.6 is 11.3 Å². The Kier molecular flexibility index (Phi) is 4.54. The van der Waals surface area contributed by atoms with E-state index in [4.69, 9.17) is 5.11 Å². The van der Waals surface area contributed by atoms with Gasteiger partial charge in [-0.1, -0.05) is 43.4 Å². The number of hydrogen-bond donors (Lipinski definition) is 3. The van der Waals surface area contributed by atoms with Crippen LogP contribution in [-0.4, -0.2) is 22.1 Å². The quantitative estimate of drug-likeness (QED) is 0.804. The van der Waals surface area contributed by atoms with E-state index in [1.165, 1.54) is 0 Å². The number of carbonyl (C=O) groups is 2. The zero-order chi connectivity index (χ0) is 15.4. The molecule has 2 rings (SSSR count). The normalized spacial score (nSPS) is 10.4. The highest BCUT2D eigenvalue weighted by molar-refractivity contribution is 7.17. The average molecular weight is 305 g/mol. The Morgan fingerprint density at radius 3 is 2.38 bits per heavy atom. The molecule has 7 heteroatoms. The van der Waals surface area contributed by atoms with E-state index in [0.29, 0.717) is 11.4 Å². The molecule has 0 radical (unpaired) electrons. The average Bonchev–Trinajstić information content (AvgIpc) is 2.84. The van der Waals surface area contributed by atoms with E-state index in [0.717, 1.165) is 11.3 Å². The first kappa shape index (κ1) is 15.0.